The molecule has 0 saturated carbocycles. The van der Waals surface area contributed by atoms with Gasteiger partial charge in [0.25, 0.3) is 5.91 Å². The van der Waals surface area contributed by atoms with Gasteiger partial charge in [0.1, 0.15) is 17.6 Å². The molecular formula is C23H29FN2O3. The van der Waals surface area contributed by atoms with Gasteiger partial charge in [-0.2, -0.15) is 0 Å². The number of halogens is 1. The fourth-order valence-electron chi connectivity index (χ4n) is 2.89. The molecule has 6 heteroatoms. The predicted octanol–water partition coefficient (Wildman–Crippen LogP) is 3.88. The highest BCUT2D eigenvalue weighted by Gasteiger charge is 2.27. The van der Waals surface area contributed by atoms with Crippen LogP contribution in [-0.4, -0.2) is 35.9 Å². The Morgan fingerprint density at radius 1 is 1.07 bits per heavy atom. The van der Waals surface area contributed by atoms with Crippen molar-refractivity contribution in [1.82, 2.24) is 10.2 Å². The van der Waals surface area contributed by atoms with Crippen molar-refractivity contribution in [3.8, 4) is 5.75 Å². The zero-order valence-electron chi connectivity index (χ0n) is 17.4. The van der Waals surface area contributed by atoms with Crippen molar-refractivity contribution in [2.24, 2.45) is 0 Å². The average molecular weight is 400 g/mol. The van der Waals surface area contributed by atoms with Crippen molar-refractivity contribution in [2.45, 2.75) is 46.2 Å². The third-order valence-electron chi connectivity index (χ3n) is 4.73. The maximum atomic E-state index is 14.1. The molecule has 29 heavy (non-hydrogen) atoms. The lowest BCUT2D eigenvalue weighted by Gasteiger charge is -2.28. The van der Waals surface area contributed by atoms with E-state index in [0.717, 1.165) is 0 Å². The summed E-state index contributed by atoms with van der Waals surface area (Å²) in [7, 11) is 0. The second-order valence-corrected chi connectivity index (χ2v) is 7.20. The lowest BCUT2D eigenvalue weighted by atomic mass is 10.0. The second kappa shape index (κ2) is 10.6. The van der Waals surface area contributed by atoms with Crippen LogP contribution >= 0.6 is 0 Å². The van der Waals surface area contributed by atoms with E-state index in [9.17, 15) is 14.0 Å². The van der Waals surface area contributed by atoms with Crippen LogP contribution in [0.3, 0.4) is 0 Å². The van der Waals surface area contributed by atoms with Crippen LogP contribution in [0.25, 0.3) is 0 Å². The molecule has 0 bridgehead atoms. The molecule has 1 N–H and O–H groups in total. The van der Waals surface area contributed by atoms with Crippen LogP contribution < -0.4 is 10.1 Å². The van der Waals surface area contributed by atoms with Crippen molar-refractivity contribution < 1.29 is 18.7 Å². The highest BCUT2D eigenvalue weighted by Crippen LogP contribution is 2.19. The van der Waals surface area contributed by atoms with Gasteiger partial charge in [-0.1, -0.05) is 44.2 Å². The summed E-state index contributed by atoms with van der Waals surface area (Å²) >= 11 is 0. The summed E-state index contributed by atoms with van der Waals surface area (Å²) in [6, 6.07) is 13.0. The van der Waals surface area contributed by atoms with Crippen LogP contribution in [0.1, 0.15) is 44.7 Å². The van der Waals surface area contributed by atoms with Gasteiger partial charge < -0.3 is 15.0 Å². The SMILES string of the molecule is CCNC(=O)[C@@H](C)N(Cc1ccccc1F)C(=O)COc1ccc(C(C)C)cc1. The number of carbonyl (C=O) groups excluding carboxylic acids is 2. The summed E-state index contributed by atoms with van der Waals surface area (Å²) in [5.74, 6) is -0.129. The zero-order valence-corrected chi connectivity index (χ0v) is 17.4. The Hall–Kier alpha value is -2.89. The van der Waals surface area contributed by atoms with E-state index in [-0.39, 0.29) is 25.0 Å². The first-order chi connectivity index (χ1) is 13.8. The summed E-state index contributed by atoms with van der Waals surface area (Å²) < 4.78 is 19.7. The zero-order chi connectivity index (χ0) is 21.4. The lowest BCUT2D eigenvalue weighted by molar-refractivity contribution is -0.142. The summed E-state index contributed by atoms with van der Waals surface area (Å²) in [5, 5.41) is 2.70. The smallest absolute Gasteiger partial charge is 0.261 e. The topological polar surface area (TPSA) is 58.6 Å². The number of nitrogens with zero attached hydrogens (tertiary/aromatic N) is 1. The predicted molar refractivity (Wildman–Crippen MR) is 111 cm³/mol. The molecule has 2 amide bonds. The Morgan fingerprint density at radius 2 is 1.72 bits per heavy atom. The van der Waals surface area contributed by atoms with E-state index >= 15 is 0 Å². The van der Waals surface area contributed by atoms with Crippen molar-refractivity contribution >= 4 is 11.8 Å². The standard InChI is InChI=1S/C23H29FN2O3/c1-5-25-23(28)17(4)26(14-19-8-6-7-9-21(19)24)22(27)15-29-20-12-10-18(11-13-20)16(2)3/h6-13,16-17H,5,14-15H2,1-4H3,(H,25,28)/t17-/m1/s1. The monoisotopic (exact) mass is 400 g/mol. The second-order valence-electron chi connectivity index (χ2n) is 7.20. The highest BCUT2D eigenvalue weighted by atomic mass is 19.1. The van der Waals surface area contributed by atoms with Crippen molar-refractivity contribution in [2.75, 3.05) is 13.2 Å². The molecule has 0 aromatic heterocycles. The molecule has 156 valence electrons. The maximum absolute atomic E-state index is 14.1. The van der Waals surface area contributed by atoms with Crippen LogP contribution in [-0.2, 0) is 16.1 Å². The number of nitrogens with one attached hydrogen (secondary N) is 1. The van der Waals surface area contributed by atoms with Gasteiger partial charge >= 0.3 is 0 Å². The molecule has 0 radical (unpaired) electrons. The van der Waals surface area contributed by atoms with E-state index in [2.05, 4.69) is 19.2 Å². The van der Waals surface area contributed by atoms with Crippen molar-refractivity contribution in [3.05, 3.63) is 65.5 Å². The van der Waals surface area contributed by atoms with Gasteiger partial charge in [0.05, 0.1) is 0 Å². The van der Waals surface area contributed by atoms with Crippen LogP contribution in [0.15, 0.2) is 48.5 Å². The van der Waals surface area contributed by atoms with E-state index in [1.54, 1.807) is 32.0 Å². The molecule has 0 aliphatic carbocycles. The largest absolute Gasteiger partial charge is 0.484 e. The maximum Gasteiger partial charge on any atom is 0.261 e. The summed E-state index contributed by atoms with van der Waals surface area (Å²) in [6.07, 6.45) is 0. The summed E-state index contributed by atoms with van der Waals surface area (Å²) in [5.41, 5.74) is 1.52. The molecule has 2 aromatic rings. The fraction of sp³-hybridized carbons (Fsp3) is 0.391. The van der Waals surface area contributed by atoms with Gasteiger partial charge in [0.2, 0.25) is 5.91 Å². The number of carbonyl (C=O) groups is 2. The van der Waals surface area contributed by atoms with Crippen LogP contribution in [0.4, 0.5) is 4.39 Å². The molecular weight excluding hydrogens is 371 g/mol. The molecule has 0 heterocycles. The molecule has 5 nitrogen and oxygen atoms in total. The van der Waals surface area contributed by atoms with E-state index in [1.807, 2.05) is 24.3 Å². The number of rotatable bonds is 9. The molecule has 2 rings (SSSR count). The first-order valence-electron chi connectivity index (χ1n) is 9.86. The lowest BCUT2D eigenvalue weighted by Crippen LogP contribution is -2.49. The Balaban J connectivity index is 2.12. The minimum atomic E-state index is -0.756. The summed E-state index contributed by atoms with van der Waals surface area (Å²) in [6.45, 7) is 7.83. The van der Waals surface area contributed by atoms with E-state index in [1.165, 1.54) is 16.5 Å². The Kier molecular flexibility index (Phi) is 8.19. The third-order valence-corrected chi connectivity index (χ3v) is 4.73. The van der Waals surface area contributed by atoms with Gasteiger partial charge in [-0.3, -0.25) is 9.59 Å². The Bertz CT molecular complexity index is 821. The molecule has 0 saturated heterocycles. The number of hydrogen-bond donors (Lipinski definition) is 1. The van der Waals surface area contributed by atoms with Gasteiger partial charge in [-0.05, 0) is 43.5 Å². The molecule has 0 fully saturated rings. The van der Waals surface area contributed by atoms with Crippen molar-refractivity contribution in [3.63, 3.8) is 0 Å². The minimum Gasteiger partial charge on any atom is -0.484 e. The first kappa shape index (κ1) is 22.4. The van der Waals surface area contributed by atoms with Gasteiger partial charge in [-0.15, -0.1) is 0 Å². The van der Waals surface area contributed by atoms with Crippen LogP contribution in [0.5, 0.6) is 5.75 Å². The number of hydrogen-bond acceptors (Lipinski definition) is 3. The number of amides is 2. The summed E-state index contributed by atoms with van der Waals surface area (Å²) in [4.78, 5) is 26.5. The number of benzene rings is 2. The van der Waals surface area contributed by atoms with Crippen LogP contribution in [0.2, 0.25) is 0 Å². The Morgan fingerprint density at radius 3 is 2.31 bits per heavy atom. The Labute approximate surface area is 171 Å². The van der Waals surface area contributed by atoms with Crippen molar-refractivity contribution in [1.29, 1.82) is 0 Å². The average Bonchev–Trinajstić information content (AvgIpc) is 2.71. The quantitative estimate of drug-likeness (QED) is 0.695. The molecule has 1 atom stereocenters. The first-order valence-corrected chi connectivity index (χ1v) is 9.86. The molecule has 2 aromatic carbocycles. The fourth-order valence-corrected chi connectivity index (χ4v) is 2.89. The molecule has 0 unspecified atom stereocenters. The third kappa shape index (κ3) is 6.31. The van der Waals surface area contributed by atoms with E-state index in [4.69, 9.17) is 4.74 Å². The van der Waals surface area contributed by atoms with Gasteiger partial charge in [0, 0.05) is 18.7 Å². The van der Waals surface area contributed by atoms with E-state index < -0.39 is 11.9 Å². The van der Waals surface area contributed by atoms with Crippen LogP contribution in [0, 0.1) is 5.82 Å². The van der Waals surface area contributed by atoms with E-state index in [0.29, 0.717) is 23.8 Å². The van der Waals surface area contributed by atoms with Gasteiger partial charge in [-0.25, -0.2) is 4.39 Å². The molecule has 0 spiro atoms. The van der Waals surface area contributed by atoms with Gasteiger partial charge in [0.15, 0.2) is 6.61 Å². The molecule has 0 aliphatic rings. The highest BCUT2D eigenvalue weighted by molar-refractivity contribution is 5.87. The number of ether oxygens (including phenoxy) is 1. The molecule has 0 aliphatic heterocycles. The normalized spacial score (nSPS) is 11.8. The minimum absolute atomic E-state index is 0.0144. The number of likely N-dealkylation sites (N-methyl/N-ethyl adjacent to an activating group) is 1.